The van der Waals surface area contributed by atoms with Crippen molar-refractivity contribution in [3.8, 4) is 11.5 Å². The molecule has 1 heterocycles. The van der Waals surface area contributed by atoms with Crippen LogP contribution in [-0.4, -0.2) is 30.6 Å². The molecule has 1 saturated heterocycles. The third-order valence-electron chi connectivity index (χ3n) is 6.72. The Morgan fingerprint density at radius 1 is 1.11 bits per heavy atom. The van der Waals surface area contributed by atoms with Gasteiger partial charge in [0.15, 0.2) is 0 Å². The van der Waals surface area contributed by atoms with Crippen LogP contribution in [0.15, 0.2) is 48.5 Å². The van der Waals surface area contributed by atoms with Crippen molar-refractivity contribution in [2.45, 2.75) is 76.0 Å². The van der Waals surface area contributed by atoms with Gasteiger partial charge in [0.1, 0.15) is 17.1 Å². The van der Waals surface area contributed by atoms with Crippen molar-refractivity contribution in [1.29, 1.82) is 0 Å². The van der Waals surface area contributed by atoms with Crippen LogP contribution in [0.5, 0.6) is 11.5 Å². The summed E-state index contributed by atoms with van der Waals surface area (Å²) in [6.07, 6.45) is -2.30. The van der Waals surface area contributed by atoms with Gasteiger partial charge in [0.25, 0.3) is 0 Å². The third-order valence-corrected chi connectivity index (χ3v) is 6.72. The number of ether oxygens (including phenoxy) is 3. The van der Waals surface area contributed by atoms with Crippen molar-refractivity contribution in [3.63, 3.8) is 0 Å². The summed E-state index contributed by atoms with van der Waals surface area (Å²) in [4.78, 5) is 19.6. The van der Waals surface area contributed by atoms with Crippen molar-refractivity contribution < 1.29 is 37.0 Å². The molecule has 0 aromatic heterocycles. The van der Waals surface area contributed by atoms with Gasteiger partial charge in [-0.3, -0.25) is 9.63 Å². The lowest BCUT2D eigenvalue weighted by Gasteiger charge is -2.44. The summed E-state index contributed by atoms with van der Waals surface area (Å²) in [5.74, 6) is -0.932. The number of esters is 1. The Bertz CT molecular complexity index is 1070. The summed E-state index contributed by atoms with van der Waals surface area (Å²) >= 11 is 0. The van der Waals surface area contributed by atoms with E-state index in [0.29, 0.717) is 30.6 Å². The molecule has 4 rings (SSSR count). The summed E-state index contributed by atoms with van der Waals surface area (Å²) < 4.78 is 53.9. The van der Waals surface area contributed by atoms with Crippen LogP contribution in [0.4, 0.5) is 13.2 Å². The zero-order valence-electron chi connectivity index (χ0n) is 20.9. The molecule has 1 N–H and O–H groups in total. The van der Waals surface area contributed by atoms with Gasteiger partial charge in [-0.15, -0.1) is 13.2 Å². The Morgan fingerprint density at radius 2 is 1.83 bits per heavy atom. The molecule has 1 aliphatic carbocycles. The molecular weight excluding hydrogens is 475 g/mol. The molecule has 0 radical (unpaired) electrons. The monoisotopic (exact) mass is 507 g/mol. The lowest BCUT2D eigenvalue weighted by Crippen LogP contribution is -2.47. The Labute approximate surface area is 209 Å². The first-order valence-corrected chi connectivity index (χ1v) is 12.1. The van der Waals surface area contributed by atoms with Gasteiger partial charge in [-0.1, -0.05) is 30.3 Å². The maximum absolute atomic E-state index is 13.3. The molecular formula is C27H32F3NO5. The van der Waals surface area contributed by atoms with Crippen molar-refractivity contribution in [1.82, 2.24) is 5.48 Å². The highest BCUT2D eigenvalue weighted by atomic mass is 19.4. The molecule has 1 spiro atoms. The standard InChI is InChI=1S/C27H32F3NO5/c1-25(2,3)35-24(32)19-11-8-14-26(23(19)17-9-6-5-7-10-17)16-21(31-36-26)20-15-18(34-27(28,29)30)12-13-22(20)33-4/h5-7,9-10,12-13,15,19,21,23,31H,8,11,14,16H2,1-4H3/t19?,21-,23-,26-/m1/s1. The van der Waals surface area contributed by atoms with E-state index in [1.165, 1.54) is 25.3 Å². The molecule has 6 nitrogen and oxygen atoms in total. The van der Waals surface area contributed by atoms with E-state index in [1.807, 2.05) is 51.1 Å². The lowest BCUT2D eigenvalue weighted by molar-refractivity contribution is -0.274. The second-order valence-electron chi connectivity index (χ2n) is 10.4. The van der Waals surface area contributed by atoms with Crippen molar-refractivity contribution in [2.24, 2.45) is 5.92 Å². The molecule has 1 saturated carbocycles. The summed E-state index contributed by atoms with van der Waals surface area (Å²) in [6, 6.07) is 13.2. The maximum atomic E-state index is 13.3. The van der Waals surface area contributed by atoms with E-state index >= 15 is 0 Å². The fourth-order valence-electron chi connectivity index (χ4n) is 5.45. The smallest absolute Gasteiger partial charge is 0.496 e. The van der Waals surface area contributed by atoms with Crippen molar-refractivity contribution >= 4 is 5.97 Å². The predicted octanol–water partition coefficient (Wildman–Crippen LogP) is 6.22. The second-order valence-corrected chi connectivity index (χ2v) is 10.4. The van der Waals surface area contributed by atoms with Gasteiger partial charge in [0.2, 0.25) is 0 Å². The van der Waals surface area contributed by atoms with Gasteiger partial charge >= 0.3 is 12.3 Å². The summed E-state index contributed by atoms with van der Waals surface area (Å²) in [5.41, 5.74) is 3.08. The SMILES string of the molecule is COc1ccc(OC(F)(F)F)cc1[C@H]1C[C@@]2(CCCC(C(=O)OC(C)(C)C)[C@H]2c2ccccc2)ON1. The van der Waals surface area contributed by atoms with Gasteiger partial charge in [0, 0.05) is 17.9 Å². The number of carbonyl (C=O) groups is 1. The highest BCUT2D eigenvalue weighted by Crippen LogP contribution is 2.54. The molecule has 2 aliphatic rings. The first-order valence-electron chi connectivity index (χ1n) is 12.1. The minimum absolute atomic E-state index is 0.277. The normalized spacial score (nSPS) is 26.6. The van der Waals surface area contributed by atoms with Gasteiger partial charge in [-0.05, 0) is 63.8 Å². The van der Waals surface area contributed by atoms with Crippen LogP contribution in [0.2, 0.25) is 0 Å². The predicted molar refractivity (Wildman–Crippen MR) is 126 cm³/mol. The van der Waals surface area contributed by atoms with Crippen LogP contribution in [0, 0.1) is 5.92 Å². The summed E-state index contributed by atoms with van der Waals surface area (Å²) in [6.45, 7) is 5.52. The molecule has 2 fully saturated rings. The van der Waals surface area contributed by atoms with Crippen LogP contribution >= 0.6 is 0 Å². The largest absolute Gasteiger partial charge is 0.573 e. The van der Waals surface area contributed by atoms with Gasteiger partial charge in [-0.25, -0.2) is 0 Å². The number of methoxy groups -OCH3 is 1. The number of nitrogens with one attached hydrogen (secondary N) is 1. The molecule has 0 amide bonds. The topological polar surface area (TPSA) is 66.0 Å². The number of rotatable bonds is 5. The summed E-state index contributed by atoms with van der Waals surface area (Å²) in [5, 5.41) is 0. The number of alkyl halides is 3. The fourth-order valence-corrected chi connectivity index (χ4v) is 5.45. The van der Waals surface area contributed by atoms with Gasteiger partial charge < -0.3 is 14.2 Å². The van der Waals surface area contributed by atoms with Crippen LogP contribution in [0.3, 0.4) is 0 Å². The number of carbonyl (C=O) groups excluding carboxylic acids is 1. The van der Waals surface area contributed by atoms with Crippen LogP contribution in [-0.2, 0) is 14.4 Å². The maximum Gasteiger partial charge on any atom is 0.573 e. The van der Waals surface area contributed by atoms with E-state index in [9.17, 15) is 18.0 Å². The minimum atomic E-state index is -4.81. The third kappa shape index (κ3) is 5.78. The van der Waals surface area contributed by atoms with E-state index in [4.69, 9.17) is 14.3 Å². The Morgan fingerprint density at radius 3 is 2.47 bits per heavy atom. The lowest BCUT2D eigenvalue weighted by atomic mass is 9.64. The van der Waals surface area contributed by atoms with Gasteiger partial charge in [-0.2, -0.15) is 5.48 Å². The van der Waals surface area contributed by atoms with E-state index < -0.39 is 29.5 Å². The van der Waals surface area contributed by atoms with E-state index in [1.54, 1.807) is 0 Å². The van der Waals surface area contributed by atoms with Crippen molar-refractivity contribution in [2.75, 3.05) is 7.11 Å². The summed E-state index contributed by atoms with van der Waals surface area (Å²) in [7, 11) is 1.46. The number of hydrogen-bond acceptors (Lipinski definition) is 6. The molecule has 9 heteroatoms. The number of benzene rings is 2. The average molecular weight is 508 g/mol. The average Bonchev–Trinajstić information content (AvgIpc) is 3.21. The molecule has 196 valence electrons. The van der Waals surface area contributed by atoms with E-state index in [0.717, 1.165) is 12.0 Å². The van der Waals surface area contributed by atoms with E-state index in [2.05, 4.69) is 10.2 Å². The van der Waals surface area contributed by atoms with Crippen LogP contribution in [0.1, 0.15) is 69.5 Å². The molecule has 4 atom stereocenters. The zero-order valence-corrected chi connectivity index (χ0v) is 20.9. The second kappa shape index (κ2) is 9.94. The van der Waals surface area contributed by atoms with E-state index in [-0.39, 0.29) is 17.6 Å². The first-order chi connectivity index (χ1) is 16.9. The molecule has 1 aliphatic heterocycles. The van der Waals surface area contributed by atoms with Crippen molar-refractivity contribution in [3.05, 3.63) is 59.7 Å². The molecule has 0 bridgehead atoms. The Balaban J connectivity index is 1.69. The number of hydrogen-bond donors (Lipinski definition) is 1. The quantitative estimate of drug-likeness (QED) is 0.485. The molecule has 2 aromatic carbocycles. The number of halogens is 3. The Hall–Kier alpha value is -2.78. The molecule has 1 unspecified atom stereocenters. The Kier molecular flexibility index (Phi) is 7.26. The van der Waals surface area contributed by atoms with Crippen LogP contribution < -0.4 is 15.0 Å². The first kappa shape index (κ1) is 26.3. The highest BCUT2D eigenvalue weighted by Gasteiger charge is 2.55. The minimum Gasteiger partial charge on any atom is -0.496 e. The fraction of sp³-hybridized carbons (Fsp3) is 0.519. The van der Waals surface area contributed by atoms with Crippen LogP contribution in [0.25, 0.3) is 0 Å². The number of hydroxylamine groups is 1. The zero-order chi connectivity index (χ0) is 26.1. The van der Waals surface area contributed by atoms with Gasteiger partial charge in [0.05, 0.1) is 24.7 Å². The highest BCUT2D eigenvalue weighted by molar-refractivity contribution is 5.75. The molecule has 2 aromatic rings. The molecule has 36 heavy (non-hydrogen) atoms.